The molecule has 6 heteroatoms. The van der Waals surface area contributed by atoms with Crippen molar-refractivity contribution in [2.24, 2.45) is 0 Å². The maximum atomic E-state index is 12.7. The van der Waals surface area contributed by atoms with E-state index in [0.717, 1.165) is 39.5 Å². The number of carbonyl (C=O) groups is 1. The number of aromatic nitrogens is 1. The Morgan fingerprint density at radius 2 is 1.80 bits per heavy atom. The molecule has 0 radical (unpaired) electrons. The van der Waals surface area contributed by atoms with Gasteiger partial charge < -0.3 is 9.73 Å². The predicted molar refractivity (Wildman–Crippen MR) is 146 cm³/mol. The third kappa shape index (κ3) is 4.93. The van der Waals surface area contributed by atoms with Crippen LogP contribution in [0.2, 0.25) is 0 Å². The van der Waals surface area contributed by atoms with Crippen molar-refractivity contribution in [2.45, 2.75) is 26.2 Å². The number of nitrogens with zero attached hydrogens (tertiary/aromatic N) is 1. The number of carbonyl (C=O) groups excluding carboxylic acids is 1. The second-order valence-corrected chi connectivity index (χ2v) is 9.01. The van der Waals surface area contributed by atoms with Gasteiger partial charge >= 0.3 is 0 Å². The van der Waals surface area contributed by atoms with Gasteiger partial charge in [-0.3, -0.25) is 10.1 Å². The van der Waals surface area contributed by atoms with E-state index >= 15 is 0 Å². The first-order valence-corrected chi connectivity index (χ1v) is 12.0. The van der Waals surface area contributed by atoms with E-state index in [1.807, 2.05) is 66.7 Å². The van der Waals surface area contributed by atoms with Crippen LogP contribution in [0.4, 0.5) is 5.69 Å². The maximum absolute atomic E-state index is 12.7. The standard InChI is InChI=1S/C29H25N3O2S/c1-3-18(2)20-13-14-26-25(17-20)31-28(34-26)23-9-6-10-24(16-23)30-29(35)32-27(33)22-12-11-19-7-4-5-8-21(19)15-22/h4-18H,3H2,1-2H3,(H2,30,32,33,35)/t18-/m0/s1. The largest absolute Gasteiger partial charge is 0.436 e. The lowest BCUT2D eigenvalue weighted by molar-refractivity contribution is 0.0978. The first-order chi connectivity index (χ1) is 17.0. The molecule has 0 aliphatic rings. The van der Waals surface area contributed by atoms with Gasteiger partial charge in [-0.1, -0.05) is 56.3 Å². The van der Waals surface area contributed by atoms with Crippen molar-refractivity contribution in [3.8, 4) is 11.5 Å². The Kier molecular flexibility index (Phi) is 6.29. The molecule has 174 valence electrons. The molecule has 0 aliphatic carbocycles. The van der Waals surface area contributed by atoms with Crippen molar-refractivity contribution >= 4 is 50.8 Å². The van der Waals surface area contributed by atoms with Crippen LogP contribution in [-0.2, 0) is 0 Å². The van der Waals surface area contributed by atoms with Crippen LogP contribution >= 0.6 is 12.2 Å². The van der Waals surface area contributed by atoms with Gasteiger partial charge in [0.2, 0.25) is 5.89 Å². The number of hydrogen-bond donors (Lipinski definition) is 2. The molecule has 2 N–H and O–H groups in total. The molecule has 0 spiro atoms. The highest BCUT2D eigenvalue weighted by Gasteiger charge is 2.13. The molecule has 1 aromatic heterocycles. The highest BCUT2D eigenvalue weighted by molar-refractivity contribution is 7.80. The molecule has 0 saturated carbocycles. The summed E-state index contributed by atoms with van der Waals surface area (Å²) in [5, 5.41) is 8.14. The summed E-state index contributed by atoms with van der Waals surface area (Å²) in [6.07, 6.45) is 1.07. The van der Waals surface area contributed by atoms with E-state index in [0.29, 0.717) is 17.4 Å². The number of benzene rings is 4. The van der Waals surface area contributed by atoms with Crippen molar-refractivity contribution in [1.29, 1.82) is 0 Å². The van der Waals surface area contributed by atoms with Gasteiger partial charge in [-0.2, -0.15) is 0 Å². The number of thiocarbonyl (C=S) groups is 1. The van der Waals surface area contributed by atoms with Crippen LogP contribution in [0.3, 0.4) is 0 Å². The minimum absolute atomic E-state index is 0.219. The average molecular weight is 480 g/mol. The van der Waals surface area contributed by atoms with E-state index in [-0.39, 0.29) is 11.0 Å². The molecular weight excluding hydrogens is 454 g/mol. The molecule has 1 amide bonds. The fourth-order valence-electron chi connectivity index (χ4n) is 4.01. The summed E-state index contributed by atoms with van der Waals surface area (Å²) in [5.74, 6) is 0.745. The highest BCUT2D eigenvalue weighted by atomic mass is 32.1. The number of amides is 1. The minimum atomic E-state index is -0.263. The smallest absolute Gasteiger partial charge is 0.257 e. The van der Waals surface area contributed by atoms with Crippen molar-refractivity contribution in [3.63, 3.8) is 0 Å². The van der Waals surface area contributed by atoms with Gasteiger partial charge in [-0.25, -0.2) is 4.98 Å². The van der Waals surface area contributed by atoms with Crippen molar-refractivity contribution in [3.05, 3.63) is 96.1 Å². The molecule has 5 rings (SSSR count). The minimum Gasteiger partial charge on any atom is -0.436 e. The van der Waals surface area contributed by atoms with E-state index in [9.17, 15) is 4.79 Å². The lowest BCUT2D eigenvalue weighted by Crippen LogP contribution is -2.34. The molecule has 5 nitrogen and oxygen atoms in total. The van der Waals surface area contributed by atoms with Gasteiger partial charge in [0.05, 0.1) is 0 Å². The number of hydrogen-bond acceptors (Lipinski definition) is 4. The van der Waals surface area contributed by atoms with Crippen LogP contribution < -0.4 is 10.6 Å². The van der Waals surface area contributed by atoms with Gasteiger partial charge in [0.15, 0.2) is 10.7 Å². The molecule has 0 unspecified atom stereocenters. The molecular formula is C29H25N3O2S. The third-order valence-corrected chi connectivity index (χ3v) is 6.40. The second kappa shape index (κ2) is 9.68. The SMILES string of the molecule is CC[C@H](C)c1ccc2oc(-c3cccc(NC(=S)NC(=O)c4ccc5ccccc5c4)c3)nc2c1. The van der Waals surface area contributed by atoms with E-state index in [1.165, 1.54) is 5.56 Å². The number of fused-ring (bicyclic) bond motifs is 2. The van der Waals surface area contributed by atoms with Crippen molar-refractivity contribution < 1.29 is 9.21 Å². The topological polar surface area (TPSA) is 67.2 Å². The maximum Gasteiger partial charge on any atom is 0.257 e. The van der Waals surface area contributed by atoms with Gasteiger partial charge in [-0.05, 0) is 83.4 Å². The molecule has 1 atom stereocenters. The monoisotopic (exact) mass is 479 g/mol. The number of anilines is 1. The van der Waals surface area contributed by atoms with E-state index < -0.39 is 0 Å². The fraction of sp³-hybridized carbons (Fsp3) is 0.138. The Morgan fingerprint density at radius 3 is 2.63 bits per heavy atom. The first-order valence-electron chi connectivity index (χ1n) is 11.6. The highest BCUT2D eigenvalue weighted by Crippen LogP contribution is 2.29. The molecule has 4 aromatic carbocycles. The first kappa shape index (κ1) is 22.7. The van der Waals surface area contributed by atoms with Crippen LogP contribution in [0, 0.1) is 0 Å². The zero-order valence-electron chi connectivity index (χ0n) is 19.5. The molecule has 0 bridgehead atoms. The van der Waals surface area contributed by atoms with Crippen LogP contribution in [0.25, 0.3) is 33.3 Å². The molecule has 35 heavy (non-hydrogen) atoms. The second-order valence-electron chi connectivity index (χ2n) is 8.61. The quantitative estimate of drug-likeness (QED) is 0.259. The number of rotatable bonds is 5. The summed E-state index contributed by atoms with van der Waals surface area (Å²) >= 11 is 5.39. The number of oxazole rings is 1. The zero-order chi connectivity index (χ0) is 24.4. The molecule has 0 fully saturated rings. The summed E-state index contributed by atoms with van der Waals surface area (Å²) in [4.78, 5) is 17.4. The van der Waals surface area contributed by atoms with Crippen LogP contribution in [-0.4, -0.2) is 16.0 Å². The zero-order valence-corrected chi connectivity index (χ0v) is 20.4. The lowest BCUT2D eigenvalue weighted by atomic mass is 9.98. The summed E-state index contributed by atoms with van der Waals surface area (Å²) < 4.78 is 6.00. The number of nitrogens with one attached hydrogen (secondary N) is 2. The Labute approximate surface area is 209 Å². The van der Waals surface area contributed by atoms with Crippen molar-refractivity contribution in [1.82, 2.24) is 10.3 Å². The van der Waals surface area contributed by atoms with Gasteiger partial charge in [0, 0.05) is 16.8 Å². The van der Waals surface area contributed by atoms with E-state index in [4.69, 9.17) is 21.6 Å². The molecule has 0 aliphatic heterocycles. The average Bonchev–Trinajstić information content (AvgIpc) is 3.31. The van der Waals surface area contributed by atoms with Crippen LogP contribution in [0.5, 0.6) is 0 Å². The van der Waals surface area contributed by atoms with E-state index in [2.05, 4.69) is 36.6 Å². The lowest BCUT2D eigenvalue weighted by Gasteiger charge is -2.10. The summed E-state index contributed by atoms with van der Waals surface area (Å²) in [6.45, 7) is 4.38. The molecule has 1 heterocycles. The Bertz CT molecular complexity index is 1560. The Balaban J connectivity index is 1.30. The predicted octanol–water partition coefficient (Wildman–Crippen LogP) is 7.29. The van der Waals surface area contributed by atoms with Gasteiger partial charge in [-0.15, -0.1) is 0 Å². The molecule has 5 aromatic rings. The Morgan fingerprint density at radius 1 is 0.971 bits per heavy atom. The van der Waals surface area contributed by atoms with Crippen LogP contribution in [0.1, 0.15) is 42.1 Å². The summed E-state index contributed by atoms with van der Waals surface area (Å²) in [7, 11) is 0. The van der Waals surface area contributed by atoms with Crippen molar-refractivity contribution in [2.75, 3.05) is 5.32 Å². The fourth-order valence-corrected chi connectivity index (χ4v) is 4.22. The third-order valence-electron chi connectivity index (χ3n) is 6.20. The van der Waals surface area contributed by atoms with Crippen LogP contribution in [0.15, 0.2) is 89.3 Å². The normalized spacial score (nSPS) is 11.9. The Hall–Kier alpha value is -4.03. The van der Waals surface area contributed by atoms with Gasteiger partial charge in [0.1, 0.15) is 5.52 Å². The molecule has 0 saturated heterocycles. The summed E-state index contributed by atoms with van der Waals surface area (Å²) in [6, 6.07) is 27.3. The summed E-state index contributed by atoms with van der Waals surface area (Å²) in [5.41, 5.74) is 4.94. The van der Waals surface area contributed by atoms with E-state index in [1.54, 1.807) is 6.07 Å². The van der Waals surface area contributed by atoms with Gasteiger partial charge in [0.25, 0.3) is 5.91 Å².